The number of esters is 3. The summed E-state index contributed by atoms with van der Waals surface area (Å²) in [5.74, 6) is -2.50. The molecule has 0 aromatic heterocycles. The van der Waals surface area contributed by atoms with Gasteiger partial charge in [-0.3, -0.25) is 9.59 Å². The summed E-state index contributed by atoms with van der Waals surface area (Å²) >= 11 is 0. The second-order valence-electron chi connectivity index (χ2n) is 5.13. The van der Waals surface area contributed by atoms with Crippen LogP contribution in [0.15, 0.2) is 0 Å². The van der Waals surface area contributed by atoms with Crippen molar-refractivity contribution in [1.82, 2.24) is 0 Å². The number of ether oxygens (including phenoxy) is 3. The molecule has 6 nitrogen and oxygen atoms in total. The predicted octanol–water partition coefficient (Wildman–Crippen LogP) is 0.187. The third-order valence-electron chi connectivity index (χ3n) is 4.44. The molecule has 4 atom stereocenters. The van der Waals surface area contributed by atoms with Crippen molar-refractivity contribution in [3.05, 3.63) is 0 Å². The first-order valence-corrected chi connectivity index (χ1v) is 6.08. The van der Waals surface area contributed by atoms with Crippen LogP contribution in [0.25, 0.3) is 0 Å². The Bertz CT molecular complexity index is 457. The van der Waals surface area contributed by atoms with Gasteiger partial charge in [0, 0.05) is 0 Å². The van der Waals surface area contributed by atoms with E-state index in [1.54, 1.807) is 13.8 Å². The van der Waals surface area contributed by atoms with Crippen LogP contribution in [0, 0.1) is 11.3 Å². The van der Waals surface area contributed by atoms with Gasteiger partial charge in [0.15, 0.2) is 5.60 Å². The third-order valence-corrected chi connectivity index (χ3v) is 4.44. The van der Waals surface area contributed by atoms with Crippen LogP contribution in [-0.2, 0) is 28.6 Å². The van der Waals surface area contributed by atoms with Crippen LogP contribution >= 0.6 is 0 Å². The van der Waals surface area contributed by atoms with Gasteiger partial charge in [-0.1, -0.05) is 0 Å². The quantitative estimate of drug-likeness (QED) is 0.517. The van der Waals surface area contributed by atoms with Crippen molar-refractivity contribution >= 4 is 17.9 Å². The van der Waals surface area contributed by atoms with E-state index in [1.807, 2.05) is 0 Å². The molecule has 0 aromatic rings. The highest BCUT2D eigenvalue weighted by molar-refractivity contribution is 6.05. The van der Waals surface area contributed by atoms with Gasteiger partial charge in [-0.25, -0.2) is 4.79 Å². The van der Waals surface area contributed by atoms with E-state index in [2.05, 4.69) is 0 Å². The summed E-state index contributed by atoms with van der Waals surface area (Å²) in [6.45, 7) is 3.47. The fraction of sp³-hybridized carbons (Fsp3) is 0.750. The van der Waals surface area contributed by atoms with E-state index in [0.717, 1.165) is 0 Å². The molecule has 3 aliphatic heterocycles. The fourth-order valence-corrected chi connectivity index (χ4v) is 3.51. The van der Waals surface area contributed by atoms with Crippen LogP contribution in [0.3, 0.4) is 0 Å². The number of carbonyl (C=O) groups excluding carboxylic acids is 3. The van der Waals surface area contributed by atoms with Gasteiger partial charge < -0.3 is 14.2 Å². The summed E-state index contributed by atoms with van der Waals surface area (Å²) in [6, 6.07) is 0. The van der Waals surface area contributed by atoms with Crippen molar-refractivity contribution in [3.63, 3.8) is 0 Å². The maximum Gasteiger partial charge on any atom is 0.339 e. The van der Waals surface area contributed by atoms with Crippen LogP contribution in [0.2, 0.25) is 0 Å². The van der Waals surface area contributed by atoms with E-state index in [9.17, 15) is 14.4 Å². The molecule has 0 spiro atoms. The molecule has 0 unspecified atom stereocenters. The normalized spacial score (nSPS) is 45.0. The summed E-state index contributed by atoms with van der Waals surface area (Å²) in [6.07, 6.45) is 0.547. The first kappa shape index (κ1) is 11.6. The SMILES string of the molecule is CCOC(=O)[C@@]12CC[C@@H](O1)[C@H]1C(=O)OC(=O)[C@]12C. The van der Waals surface area contributed by atoms with Crippen molar-refractivity contribution < 1.29 is 28.6 Å². The monoisotopic (exact) mass is 254 g/mol. The van der Waals surface area contributed by atoms with Crippen molar-refractivity contribution in [2.45, 2.75) is 38.4 Å². The molecule has 0 aromatic carbocycles. The molecular formula is C12H14O6. The lowest BCUT2D eigenvalue weighted by atomic mass is 9.62. The van der Waals surface area contributed by atoms with E-state index in [1.165, 1.54) is 0 Å². The van der Waals surface area contributed by atoms with Crippen LogP contribution in [-0.4, -0.2) is 36.2 Å². The van der Waals surface area contributed by atoms with Crippen molar-refractivity contribution in [2.75, 3.05) is 6.61 Å². The van der Waals surface area contributed by atoms with Crippen molar-refractivity contribution in [1.29, 1.82) is 0 Å². The predicted molar refractivity (Wildman–Crippen MR) is 56.2 cm³/mol. The molecule has 0 aliphatic carbocycles. The summed E-state index contributed by atoms with van der Waals surface area (Å²) < 4.78 is 15.4. The third kappa shape index (κ3) is 1.01. The highest BCUT2D eigenvalue weighted by atomic mass is 16.6. The molecule has 0 saturated carbocycles. The molecule has 0 amide bonds. The zero-order valence-corrected chi connectivity index (χ0v) is 10.2. The molecule has 0 N–H and O–H groups in total. The zero-order valence-electron chi connectivity index (χ0n) is 10.2. The minimum Gasteiger partial charge on any atom is -0.464 e. The second-order valence-corrected chi connectivity index (χ2v) is 5.13. The highest BCUT2D eigenvalue weighted by Gasteiger charge is 2.79. The molecule has 18 heavy (non-hydrogen) atoms. The molecule has 2 bridgehead atoms. The molecule has 98 valence electrons. The fourth-order valence-electron chi connectivity index (χ4n) is 3.51. The van der Waals surface area contributed by atoms with Crippen molar-refractivity contribution in [2.24, 2.45) is 11.3 Å². The summed E-state index contributed by atoms with van der Waals surface area (Å²) in [5, 5.41) is 0. The van der Waals surface area contributed by atoms with Gasteiger partial charge >= 0.3 is 17.9 Å². The summed E-state index contributed by atoms with van der Waals surface area (Å²) in [7, 11) is 0. The van der Waals surface area contributed by atoms with Gasteiger partial charge in [0.1, 0.15) is 11.3 Å². The lowest BCUT2D eigenvalue weighted by Gasteiger charge is -2.35. The van der Waals surface area contributed by atoms with Gasteiger partial charge in [0.2, 0.25) is 0 Å². The number of cyclic esters (lactones) is 2. The highest BCUT2D eigenvalue weighted by Crippen LogP contribution is 2.62. The first-order chi connectivity index (χ1) is 8.47. The maximum absolute atomic E-state index is 12.2. The van der Waals surface area contributed by atoms with Gasteiger partial charge in [0.25, 0.3) is 0 Å². The van der Waals surface area contributed by atoms with Gasteiger partial charge in [-0.15, -0.1) is 0 Å². The molecule has 3 saturated heterocycles. The molecule has 3 rings (SSSR count). The standard InChI is InChI=1S/C12H14O6/c1-3-16-10(15)12-5-4-6(18-12)7-8(13)17-9(14)11(7,12)2/h6-7H,3-5H2,1-2H3/t6-,7+,11+,12-/m1/s1. The lowest BCUT2D eigenvalue weighted by molar-refractivity contribution is -0.182. The van der Waals surface area contributed by atoms with E-state index < -0.39 is 40.9 Å². The minimum absolute atomic E-state index is 0.207. The zero-order chi connectivity index (χ0) is 13.1. The lowest BCUT2D eigenvalue weighted by Crippen LogP contribution is -2.55. The van der Waals surface area contributed by atoms with Crippen molar-refractivity contribution in [3.8, 4) is 0 Å². The molecular weight excluding hydrogens is 240 g/mol. The number of hydrogen-bond donors (Lipinski definition) is 0. The molecule has 3 aliphatic rings. The van der Waals surface area contributed by atoms with E-state index in [0.29, 0.717) is 12.8 Å². The average molecular weight is 254 g/mol. The number of carbonyl (C=O) groups is 3. The summed E-state index contributed by atoms with van der Waals surface area (Å²) in [5.41, 5.74) is -2.58. The topological polar surface area (TPSA) is 78.9 Å². The van der Waals surface area contributed by atoms with Crippen LogP contribution in [0.1, 0.15) is 26.7 Å². The van der Waals surface area contributed by atoms with E-state index >= 15 is 0 Å². The summed E-state index contributed by atoms with van der Waals surface area (Å²) in [4.78, 5) is 35.8. The van der Waals surface area contributed by atoms with E-state index in [-0.39, 0.29) is 6.61 Å². The molecule has 6 heteroatoms. The largest absolute Gasteiger partial charge is 0.464 e. The second kappa shape index (κ2) is 3.32. The van der Waals surface area contributed by atoms with Crippen LogP contribution < -0.4 is 0 Å². The number of rotatable bonds is 2. The number of hydrogen-bond acceptors (Lipinski definition) is 6. The van der Waals surface area contributed by atoms with Gasteiger partial charge in [-0.2, -0.15) is 0 Å². The van der Waals surface area contributed by atoms with Gasteiger partial charge in [0.05, 0.1) is 12.7 Å². The Hall–Kier alpha value is -1.43. The first-order valence-electron chi connectivity index (χ1n) is 6.08. The van der Waals surface area contributed by atoms with Gasteiger partial charge in [-0.05, 0) is 26.7 Å². The Labute approximate surface area is 104 Å². The Morgan fingerprint density at radius 3 is 2.89 bits per heavy atom. The molecule has 0 radical (unpaired) electrons. The average Bonchev–Trinajstić information content (AvgIpc) is 2.90. The molecule has 3 fully saturated rings. The number of fused-ring (bicyclic) bond motifs is 5. The van der Waals surface area contributed by atoms with E-state index in [4.69, 9.17) is 14.2 Å². The van der Waals surface area contributed by atoms with Crippen LogP contribution in [0.5, 0.6) is 0 Å². The molecule has 3 heterocycles. The smallest absolute Gasteiger partial charge is 0.339 e. The Morgan fingerprint density at radius 1 is 1.50 bits per heavy atom. The maximum atomic E-state index is 12.2. The Morgan fingerprint density at radius 2 is 2.22 bits per heavy atom. The Kier molecular flexibility index (Phi) is 2.15. The minimum atomic E-state index is -1.35. The Balaban J connectivity index is 2.08. The van der Waals surface area contributed by atoms with Crippen LogP contribution in [0.4, 0.5) is 0 Å².